The van der Waals surface area contributed by atoms with E-state index >= 15 is 0 Å². The highest BCUT2D eigenvalue weighted by atomic mass is 16.5. The molecule has 2 unspecified atom stereocenters. The molecule has 0 amide bonds. The quantitative estimate of drug-likeness (QED) is 0.480. The van der Waals surface area contributed by atoms with Gasteiger partial charge in [-0.05, 0) is 37.5 Å². The van der Waals surface area contributed by atoms with Gasteiger partial charge in [-0.25, -0.2) is 0 Å². The minimum atomic E-state index is 0.346. The molecule has 2 aliphatic rings. The molecule has 2 aliphatic carbocycles. The molecule has 2 atom stereocenters. The van der Waals surface area contributed by atoms with Gasteiger partial charge in [-0.2, -0.15) is 0 Å². The van der Waals surface area contributed by atoms with E-state index in [1.807, 2.05) is 7.11 Å². The first-order chi connectivity index (χ1) is 6.85. The number of hydrazine groups is 1. The Balaban J connectivity index is 1.75. The Morgan fingerprint density at radius 2 is 2.07 bits per heavy atom. The largest absolute Gasteiger partial charge is 0.379 e. The van der Waals surface area contributed by atoms with Gasteiger partial charge in [0.25, 0.3) is 0 Å². The highest BCUT2D eigenvalue weighted by molar-refractivity contribution is 4.90. The Hall–Kier alpha value is -0.120. The van der Waals surface area contributed by atoms with Crippen LogP contribution in [0.4, 0.5) is 0 Å². The van der Waals surface area contributed by atoms with Crippen molar-refractivity contribution < 1.29 is 4.74 Å². The maximum atomic E-state index is 5.59. The van der Waals surface area contributed by atoms with Crippen molar-refractivity contribution in [2.24, 2.45) is 17.7 Å². The molecule has 3 heteroatoms. The van der Waals surface area contributed by atoms with Crippen LogP contribution in [0.15, 0.2) is 0 Å². The summed E-state index contributed by atoms with van der Waals surface area (Å²) in [4.78, 5) is 0. The van der Waals surface area contributed by atoms with Gasteiger partial charge in [-0.15, -0.1) is 0 Å². The van der Waals surface area contributed by atoms with Crippen molar-refractivity contribution in [3.8, 4) is 0 Å². The fraction of sp³-hybridized carbons (Fsp3) is 1.00. The van der Waals surface area contributed by atoms with Gasteiger partial charge in [0.15, 0.2) is 0 Å². The van der Waals surface area contributed by atoms with Gasteiger partial charge >= 0.3 is 0 Å². The third-order valence-corrected chi connectivity index (χ3v) is 3.55. The highest BCUT2D eigenvalue weighted by Crippen LogP contribution is 2.38. The average molecular weight is 198 g/mol. The van der Waals surface area contributed by atoms with Crippen LogP contribution in [0.3, 0.4) is 0 Å². The zero-order valence-corrected chi connectivity index (χ0v) is 9.04. The minimum absolute atomic E-state index is 0.346. The molecule has 0 bridgehead atoms. The monoisotopic (exact) mass is 198 g/mol. The van der Waals surface area contributed by atoms with Crippen LogP contribution in [0.1, 0.15) is 38.5 Å². The molecule has 2 rings (SSSR count). The van der Waals surface area contributed by atoms with E-state index in [2.05, 4.69) is 5.43 Å². The molecule has 2 fully saturated rings. The van der Waals surface area contributed by atoms with Gasteiger partial charge in [-0.1, -0.05) is 12.8 Å². The number of nitrogens with two attached hydrogens (primary N) is 1. The first-order valence-electron chi connectivity index (χ1n) is 5.84. The molecule has 3 N–H and O–H groups in total. The van der Waals surface area contributed by atoms with Crippen molar-refractivity contribution >= 4 is 0 Å². The second kappa shape index (κ2) is 4.60. The Labute approximate surface area is 86.4 Å². The molecule has 3 nitrogen and oxygen atoms in total. The van der Waals surface area contributed by atoms with E-state index in [1.165, 1.54) is 38.5 Å². The second-order valence-electron chi connectivity index (χ2n) is 4.83. The van der Waals surface area contributed by atoms with Crippen LogP contribution in [-0.2, 0) is 4.74 Å². The third-order valence-electron chi connectivity index (χ3n) is 3.55. The fourth-order valence-corrected chi connectivity index (χ4v) is 2.27. The summed E-state index contributed by atoms with van der Waals surface area (Å²) in [6, 6.07) is 0.369. The molecule has 0 aromatic heterocycles. The van der Waals surface area contributed by atoms with E-state index in [0.29, 0.717) is 12.1 Å². The summed E-state index contributed by atoms with van der Waals surface area (Å²) in [7, 11) is 1.81. The minimum Gasteiger partial charge on any atom is -0.379 e. The number of nitrogens with one attached hydrogen (secondary N) is 1. The van der Waals surface area contributed by atoms with E-state index < -0.39 is 0 Å². The SMILES string of the molecule is COC(C1CC1)C(CCC1CC1)NN. The lowest BCUT2D eigenvalue weighted by Gasteiger charge is -2.25. The zero-order valence-electron chi connectivity index (χ0n) is 9.04. The maximum absolute atomic E-state index is 5.59. The smallest absolute Gasteiger partial charge is 0.0765 e. The van der Waals surface area contributed by atoms with Crippen molar-refractivity contribution in [2.45, 2.75) is 50.7 Å². The molecule has 0 saturated heterocycles. The van der Waals surface area contributed by atoms with Gasteiger partial charge < -0.3 is 4.74 Å². The Kier molecular flexibility index (Phi) is 3.42. The van der Waals surface area contributed by atoms with Gasteiger partial charge in [-0.3, -0.25) is 11.3 Å². The molecule has 0 aromatic carbocycles. The lowest BCUT2D eigenvalue weighted by molar-refractivity contribution is 0.0473. The number of ether oxygens (including phenoxy) is 1. The molecule has 2 saturated carbocycles. The molecule has 82 valence electrons. The van der Waals surface area contributed by atoms with Gasteiger partial charge in [0.05, 0.1) is 6.10 Å². The molecular formula is C11H22N2O. The van der Waals surface area contributed by atoms with E-state index in [4.69, 9.17) is 10.6 Å². The van der Waals surface area contributed by atoms with Crippen molar-refractivity contribution in [1.29, 1.82) is 0 Å². The van der Waals surface area contributed by atoms with Gasteiger partial charge in [0.2, 0.25) is 0 Å². The Morgan fingerprint density at radius 3 is 2.50 bits per heavy atom. The topological polar surface area (TPSA) is 47.3 Å². The summed E-state index contributed by atoms with van der Waals surface area (Å²) < 4.78 is 5.54. The summed E-state index contributed by atoms with van der Waals surface area (Å²) in [5, 5.41) is 0. The van der Waals surface area contributed by atoms with Crippen LogP contribution in [0.5, 0.6) is 0 Å². The first kappa shape index (κ1) is 10.4. The lowest BCUT2D eigenvalue weighted by atomic mass is 10.0. The molecule has 0 spiro atoms. The number of hydrogen-bond acceptors (Lipinski definition) is 3. The maximum Gasteiger partial charge on any atom is 0.0765 e. The van der Waals surface area contributed by atoms with E-state index in [-0.39, 0.29) is 0 Å². The van der Waals surface area contributed by atoms with Crippen LogP contribution < -0.4 is 11.3 Å². The summed E-state index contributed by atoms with van der Waals surface area (Å²) in [5.74, 6) is 7.34. The normalized spacial score (nSPS) is 26.1. The van der Waals surface area contributed by atoms with Crippen LogP contribution in [0, 0.1) is 11.8 Å². The third kappa shape index (κ3) is 2.69. The molecule has 14 heavy (non-hydrogen) atoms. The van der Waals surface area contributed by atoms with Crippen LogP contribution in [0.2, 0.25) is 0 Å². The standard InChI is InChI=1S/C11H22N2O/c1-14-11(9-5-6-9)10(13-12)7-4-8-2-3-8/h8-11,13H,2-7,12H2,1H3. The summed E-state index contributed by atoms with van der Waals surface area (Å²) >= 11 is 0. The number of methoxy groups -OCH3 is 1. The summed E-state index contributed by atoms with van der Waals surface area (Å²) in [5.41, 5.74) is 2.93. The van der Waals surface area contributed by atoms with Crippen molar-refractivity contribution in [3.63, 3.8) is 0 Å². The highest BCUT2D eigenvalue weighted by Gasteiger charge is 2.36. The number of hydrogen-bond donors (Lipinski definition) is 2. The molecule has 0 radical (unpaired) electrons. The Morgan fingerprint density at radius 1 is 1.36 bits per heavy atom. The van der Waals surface area contributed by atoms with Crippen LogP contribution in [-0.4, -0.2) is 19.3 Å². The van der Waals surface area contributed by atoms with E-state index in [9.17, 15) is 0 Å². The lowest BCUT2D eigenvalue weighted by Crippen LogP contribution is -2.45. The first-order valence-corrected chi connectivity index (χ1v) is 5.84. The second-order valence-corrected chi connectivity index (χ2v) is 4.83. The van der Waals surface area contributed by atoms with E-state index in [1.54, 1.807) is 0 Å². The van der Waals surface area contributed by atoms with Crippen molar-refractivity contribution in [2.75, 3.05) is 7.11 Å². The Bertz CT molecular complexity index is 178. The zero-order chi connectivity index (χ0) is 9.97. The van der Waals surface area contributed by atoms with Crippen LogP contribution in [0.25, 0.3) is 0 Å². The predicted octanol–water partition coefficient (Wildman–Crippen LogP) is 1.43. The molecule has 0 aromatic rings. The van der Waals surface area contributed by atoms with Crippen molar-refractivity contribution in [1.82, 2.24) is 5.43 Å². The molecule has 0 heterocycles. The van der Waals surface area contributed by atoms with E-state index in [0.717, 1.165) is 11.8 Å². The molecular weight excluding hydrogens is 176 g/mol. The number of rotatable bonds is 7. The molecule has 0 aliphatic heterocycles. The summed E-state index contributed by atoms with van der Waals surface area (Å²) in [6.45, 7) is 0. The van der Waals surface area contributed by atoms with Gasteiger partial charge in [0.1, 0.15) is 0 Å². The fourth-order valence-electron chi connectivity index (χ4n) is 2.27. The summed E-state index contributed by atoms with van der Waals surface area (Å²) in [6.07, 6.45) is 8.34. The predicted molar refractivity (Wildman–Crippen MR) is 56.6 cm³/mol. The van der Waals surface area contributed by atoms with Crippen LogP contribution >= 0.6 is 0 Å². The van der Waals surface area contributed by atoms with Gasteiger partial charge in [0, 0.05) is 13.2 Å². The van der Waals surface area contributed by atoms with Crippen molar-refractivity contribution in [3.05, 3.63) is 0 Å². The average Bonchev–Trinajstić information content (AvgIpc) is 3.02.